The Morgan fingerprint density at radius 2 is 2.00 bits per heavy atom. The average Bonchev–Trinajstić information content (AvgIpc) is 2.31. The van der Waals surface area contributed by atoms with E-state index in [4.69, 9.17) is 5.73 Å². The Morgan fingerprint density at radius 1 is 1.20 bits per heavy atom. The van der Waals surface area contributed by atoms with Crippen molar-refractivity contribution in [2.75, 3.05) is 19.6 Å². The SMILES string of the molecule is NCCN1CCCCC1c1ccccc1. The maximum Gasteiger partial charge on any atom is 0.0348 e. The number of likely N-dealkylation sites (tertiary alicyclic amines) is 1. The molecule has 15 heavy (non-hydrogen) atoms. The molecule has 1 atom stereocenters. The minimum Gasteiger partial charge on any atom is -0.329 e. The van der Waals surface area contributed by atoms with Crippen molar-refractivity contribution in [1.29, 1.82) is 0 Å². The first-order chi connectivity index (χ1) is 7.42. The quantitative estimate of drug-likeness (QED) is 0.817. The van der Waals surface area contributed by atoms with E-state index >= 15 is 0 Å². The zero-order valence-corrected chi connectivity index (χ0v) is 9.23. The van der Waals surface area contributed by atoms with Crippen LogP contribution in [0.1, 0.15) is 30.9 Å². The average molecular weight is 204 g/mol. The number of benzene rings is 1. The van der Waals surface area contributed by atoms with Crippen LogP contribution < -0.4 is 5.73 Å². The van der Waals surface area contributed by atoms with Gasteiger partial charge in [-0.05, 0) is 24.9 Å². The Morgan fingerprint density at radius 3 is 2.73 bits per heavy atom. The van der Waals surface area contributed by atoms with Crippen molar-refractivity contribution >= 4 is 0 Å². The predicted octanol–water partition coefficient (Wildman–Crippen LogP) is 2.17. The molecule has 2 nitrogen and oxygen atoms in total. The molecule has 0 saturated carbocycles. The van der Waals surface area contributed by atoms with Gasteiger partial charge in [-0.2, -0.15) is 0 Å². The molecule has 1 unspecified atom stereocenters. The zero-order valence-electron chi connectivity index (χ0n) is 9.23. The summed E-state index contributed by atoms with van der Waals surface area (Å²) >= 11 is 0. The van der Waals surface area contributed by atoms with Gasteiger partial charge in [-0.25, -0.2) is 0 Å². The summed E-state index contributed by atoms with van der Waals surface area (Å²) < 4.78 is 0. The van der Waals surface area contributed by atoms with E-state index in [1.807, 2.05) is 0 Å². The Labute approximate surface area is 92.1 Å². The smallest absolute Gasteiger partial charge is 0.0348 e. The number of rotatable bonds is 3. The summed E-state index contributed by atoms with van der Waals surface area (Å²) in [6.07, 6.45) is 3.95. The van der Waals surface area contributed by atoms with Crippen LogP contribution in [0.25, 0.3) is 0 Å². The molecular weight excluding hydrogens is 184 g/mol. The van der Waals surface area contributed by atoms with Crippen LogP contribution in [0.4, 0.5) is 0 Å². The summed E-state index contributed by atoms with van der Waals surface area (Å²) in [5.41, 5.74) is 7.11. The third-order valence-electron chi connectivity index (χ3n) is 3.21. The molecular formula is C13H20N2. The lowest BCUT2D eigenvalue weighted by Gasteiger charge is -2.35. The van der Waals surface area contributed by atoms with Crippen molar-refractivity contribution in [2.45, 2.75) is 25.3 Å². The van der Waals surface area contributed by atoms with Gasteiger partial charge in [-0.15, -0.1) is 0 Å². The van der Waals surface area contributed by atoms with Gasteiger partial charge in [0.1, 0.15) is 0 Å². The van der Waals surface area contributed by atoms with Crippen LogP contribution in [0, 0.1) is 0 Å². The van der Waals surface area contributed by atoms with Gasteiger partial charge in [0.15, 0.2) is 0 Å². The number of nitrogens with two attached hydrogens (primary N) is 1. The summed E-state index contributed by atoms with van der Waals surface area (Å²) in [5, 5.41) is 0. The second kappa shape index (κ2) is 5.29. The third-order valence-corrected chi connectivity index (χ3v) is 3.21. The van der Waals surface area contributed by atoms with Gasteiger partial charge in [0.2, 0.25) is 0 Å². The predicted molar refractivity (Wildman–Crippen MR) is 63.7 cm³/mol. The summed E-state index contributed by atoms with van der Waals surface area (Å²) in [6, 6.07) is 11.4. The first kappa shape index (κ1) is 10.7. The van der Waals surface area contributed by atoms with Gasteiger partial charge >= 0.3 is 0 Å². The molecule has 1 aromatic rings. The summed E-state index contributed by atoms with van der Waals surface area (Å²) in [4.78, 5) is 2.53. The highest BCUT2D eigenvalue weighted by atomic mass is 15.2. The van der Waals surface area contributed by atoms with Gasteiger partial charge in [0, 0.05) is 19.1 Å². The van der Waals surface area contributed by atoms with Crippen LogP contribution in [-0.2, 0) is 0 Å². The van der Waals surface area contributed by atoms with Crippen molar-refractivity contribution < 1.29 is 0 Å². The molecule has 0 spiro atoms. The topological polar surface area (TPSA) is 29.3 Å². The first-order valence-corrected chi connectivity index (χ1v) is 5.91. The fourth-order valence-corrected chi connectivity index (χ4v) is 2.48. The first-order valence-electron chi connectivity index (χ1n) is 5.91. The molecule has 2 N–H and O–H groups in total. The van der Waals surface area contributed by atoms with Crippen molar-refractivity contribution in [3.05, 3.63) is 35.9 Å². The van der Waals surface area contributed by atoms with E-state index < -0.39 is 0 Å². The van der Waals surface area contributed by atoms with Crippen LogP contribution in [0.15, 0.2) is 30.3 Å². The van der Waals surface area contributed by atoms with Gasteiger partial charge < -0.3 is 5.73 Å². The van der Waals surface area contributed by atoms with E-state index in [-0.39, 0.29) is 0 Å². The molecule has 2 rings (SSSR count). The Balaban J connectivity index is 2.11. The standard InChI is InChI=1S/C13H20N2/c14-9-11-15-10-5-4-8-13(15)12-6-2-1-3-7-12/h1-3,6-7,13H,4-5,8-11,14H2. The molecule has 1 heterocycles. The normalized spacial score (nSPS) is 22.9. The molecule has 1 aliphatic heterocycles. The lowest BCUT2D eigenvalue weighted by Crippen LogP contribution is -2.36. The highest BCUT2D eigenvalue weighted by Crippen LogP contribution is 2.29. The lowest BCUT2D eigenvalue weighted by molar-refractivity contribution is 0.153. The molecule has 0 radical (unpaired) electrons. The number of hydrogen-bond acceptors (Lipinski definition) is 2. The minimum absolute atomic E-state index is 0.600. The van der Waals surface area contributed by atoms with Crippen LogP contribution in [0.2, 0.25) is 0 Å². The Hall–Kier alpha value is -0.860. The van der Waals surface area contributed by atoms with Crippen LogP contribution >= 0.6 is 0 Å². The minimum atomic E-state index is 0.600. The van der Waals surface area contributed by atoms with E-state index in [1.165, 1.54) is 31.4 Å². The highest BCUT2D eigenvalue weighted by Gasteiger charge is 2.22. The largest absolute Gasteiger partial charge is 0.329 e. The highest BCUT2D eigenvalue weighted by molar-refractivity contribution is 5.19. The molecule has 0 aliphatic carbocycles. The van der Waals surface area contributed by atoms with E-state index in [9.17, 15) is 0 Å². The molecule has 1 aromatic carbocycles. The van der Waals surface area contributed by atoms with Crippen molar-refractivity contribution in [2.24, 2.45) is 5.73 Å². The molecule has 82 valence electrons. The number of piperidine rings is 1. The fourth-order valence-electron chi connectivity index (χ4n) is 2.48. The lowest BCUT2D eigenvalue weighted by atomic mass is 9.95. The summed E-state index contributed by atoms with van der Waals surface area (Å²) in [6.45, 7) is 3.00. The number of hydrogen-bond donors (Lipinski definition) is 1. The third kappa shape index (κ3) is 2.58. The monoisotopic (exact) mass is 204 g/mol. The van der Waals surface area contributed by atoms with Gasteiger partial charge in [0.25, 0.3) is 0 Å². The van der Waals surface area contributed by atoms with Crippen LogP contribution in [-0.4, -0.2) is 24.5 Å². The molecule has 1 aliphatic rings. The van der Waals surface area contributed by atoms with E-state index in [1.54, 1.807) is 0 Å². The van der Waals surface area contributed by atoms with Crippen molar-refractivity contribution in [3.63, 3.8) is 0 Å². The summed E-state index contributed by atoms with van der Waals surface area (Å²) in [5.74, 6) is 0. The fraction of sp³-hybridized carbons (Fsp3) is 0.538. The van der Waals surface area contributed by atoms with E-state index in [0.29, 0.717) is 6.04 Å². The molecule has 0 bridgehead atoms. The zero-order chi connectivity index (χ0) is 10.5. The second-order valence-corrected chi connectivity index (χ2v) is 4.25. The maximum atomic E-state index is 5.66. The molecule has 2 heteroatoms. The molecule has 0 aromatic heterocycles. The Bertz CT molecular complexity index is 282. The van der Waals surface area contributed by atoms with Crippen molar-refractivity contribution in [1.82, 2.24) is 4.90 Å². The van der Waals surface area contributed by atoms with Gasteiger partial charge in [-0.3, -0.25) is 4.90 Å². The van der Waals surface area contributed by atoms with Crippen molar-refractivity contribution in [3.8, 4) is 0 Å². The van der Waals surface area contributed by atoms with E-state index in [0.717, 1.165) is 13.1 Å². The Kier molecular flexibility index (Phi) is 3.75. The second-order valence-electron chi connectivity index (χ2n) is 4.25. The summed E-state index contributed by atoms with van der Waals surface area (Å²) in [7, 11) is 0. The maximum absolute atomic E-state index is 5.66. The molecule has 0 amide bonds. The van der Waals surface area contributed by atoms with Gasteiger partial charge in [-0.1, -0.05) is 36.8 Å². The van der Waals surface area contributed by atoms with E-state index in [2.05, 4.69) is 35.2 Å². The molecule has 1 saturated heterocycles. The van der Waals surface area contributed by atoms with Gasteiger partial charge in [0.05, 0.1) is 0 Å². The molecule has 1 fully saturated rings. The number of nitrogens with zero attached hydrogens (tertiary/aromatic N) is 1. The van der Waals surface area contributed by atoms with Crippen LogP contribution in [0.5, 0.6) is 0 Å². The van der Waals surface area contributed by atoms with Crippen LogP contribution in [0.3, 0.4) is 0 Å².